The van der Waals surface area contributed by atoms with Crippen molar-refractivity contribution in [1.29, 1.82) is 0 Å². The molecule has 1 aromatic heterocycles. The van der Waals surface area contributed by atoms with Gasteiger partial charge < -0.3 is 5.32 Å². The first kappa shape index (κ1) is 9.10. The van der Waals surface area contributed by atoms with Gasteiger partial charge in [-0.2, -0.15) is 5.10 Å². The molecule has 0 saturated heterocycles. The Balaban J connectivity index is 2.41. The second kappa shape index (κ2) is 4.14. The van der Waals surface area contributed by atoms with E-state index in [4.69, 9.17) is 0 Å². The summed E-state index contributed by atoms with van der Waals surface area (Å²) < 4.78 is 0. The third kappa shape index (κ3) is 2.26. The van der Waals surface area contributed by atoms with Gasteiger partial charge in [0.2, 0.25) is 0 Å². The standard InChI is InChI=1S/C9H17N3/c1-4-7(2)8(3)12-9-5-10-11-6-9/h5-8,12H,4H2,1-3H3,(H,10,11). The second-order valence-electron chi connectivity index (χ2n) is 3.31. The zero-order valence-corrected chi connectivity index (χ0v) is 7.96. The molecule has 0 aliphatic carbocycles. The van der Waals surface area contributed by atoms with E-state index in [-0.39, 0.29) is 0 Å². The molecule has 2 atom stereocenters. The van der Waals surface area contributed by atoms with Crippen LogP contribution in [0.2, 0.25) is 0 Å². The fourth-order valence-corrected chi connectivity index (χ4v) is 1.09. The molecule has 12 heavy (non-hydrogen) atoms. The average molecular weight is 167 g/mol. The fourth-order valence-electron chi connectivity index (χ4n) is 1.09. The lowest BCUT2D eigenvalue weighted by Crippen LogP contribution is -2.22. The van der Waals surface area contributed by atoms with Gasteiger partial charge >= 0.3 is 0 Å². The van der Waals surface area contributed by atoms with Crippen LogP contribution >= 0.6 is 0 Å². The van der Waals surface area contributed by atoms with E-state index in [0.717, 1.165) is 5.69 Å². The summed E-state index contributed by atoms with van der Waals surface area (Å²) in [5, 5.41) is 10.0. The number of nitrogens with one attached hydrogen (secondary N) is 2. The highest BCUT2D eigenvalue weighted by Crippen LogP contribution is 2.12. The molecule has 1 heterocycles. The van der Waals surface area contributed by atoms with E-state index < -0.39 is 0 Å². The zero-order chi connectivity index (χ0) is 8.97. The molecule has 2 unspecified atom stereocenters. The van der Waals surface area contributed by atoms with Crippen LogP contribution in [0.4, 0.5) is 5.69 Å². The summed E-state index contributed by atoms with van der Waals surface area (Å²) in [6.45, 7) is 6.65. The maximum absolute atomic E-state index is 3.87. The Hall–Kier alpha value is -0.990. The van der Waals surface area contributed by atoms with Crippen molar-refractivity contribution in [2.45, 2.75) is 33.2 Å². The van der Waals surface area contributed by atoms with Gasteiger partial charge in [-0.3, -0.25) is 5.10 Å². The third-order valence-electron chi connectivity index (χ3n) is 2.39. The summed E-state index contributed by atoms with van der Waals surface area (Å²) >= 11 is 0. The van der Waals surface area contributed by atoms with E-state index in [9.17, 15) is 0 Å². The zero-order valence-electron chi connectivity index (χ0n) is 7.96. The van der Waals surface area contributed by atoms with Crippen LogP contribution in [0.1, 0.15) is 27.2 Å². The van der Waals surface area contributed by atoms with Crippen molar-refractivity contribution in [1.82, 2.24) is 10.2 Å². The average Bonchev–Trinajstić information content (AvgIpc) is 2.55. The third-order valence-corrected chi connectivity index (χ3v) is 2.39. The molecule has 68 valence electrons. The first-order valence-corrected chi connectivity index (χ1v) is 4.49. The predicted octanol–water partition coefficient (Wildman–Crippen LogP) is 2.26. The van der Waals surface area contributed by atoms with Gasteiger partial charge in [0.1, 0.15) is 0 Å². The molecule has 0 aliphatic heterocycles. The number of aromatic nitrogens is 2. The number of hydrogen-bond acceptors (Lipinski definition) is 2. The highest BCUT2D eigenvalue weighted by molar-refractivity contribution is 5.38. The van der Waals surface area contributed by atoms with Crippen molar-refractivity contribution in [2.24, 2.45) is 5.92 Å². The second-order valence-corrected chi connectivity index (χ2v) is 3.31. The van der Waals surface area contributed by atoms with Crippen molar-refractivity contribution < 1.29 is 0 Å². The minimum absolute atomic E-state index is 0.507. The Kier molecular flexibility index (Phi) is 3.14. The quantitative estimate of drug-likeness (QED) is 0.722. The molecule has 0 spiro atoms. The molecule has 0 saturated carbocycles. The van der Waals surface area contributed by atoms with Crippen LogP contribution in [0.5, 0.6) is 0 Å². The van der Waals surface area contributed by atoms with Crippen molar-refractivity contribution in [3.8, 4) is 0 Å². The summed E-state index contributed by atoms with van der Waals surface area (Å²) in [5.41, 5.74) is 1.07. The normalized spacial score (nSPS) is 15.6. The van der Waals surface area contributed by atoms with Crippen LogP contribution in [0.25, 0.3) is 0 Å². The van der Waals surface area contributed by atoms with Crippen molar-refractivity contribution in [3.05, 3.63) is 12.4 Å². The lowest BCUT2D eigenvalue weighted by Gasteiger charge is -2.19. The number of hydrogen-bond donors (Lipinski definition) is 2. The molecule has 3 heteroatoms. The van der Waals surface area contributed by atoms with Crippen molar-refractivity contribution in [2.75, 3.05) is 5.32 Å². The summed E-state index contributed by atoms with van der Waals surface area (Å²) in [6.07, 6.45) is 4.88. The first-order chi connectivity index (χ1) is 5.74. The molecule has 1 aromatic rings. The molecule has 3 nitrogen and oxygen atoms in total. The number of nitrogens with zero attached hydrogens (tertiary/aromatic N) is 1. The number of H-pyrrole nitrogens is 1. The van der Waals surface area contributed by atoms with E-state index in [0.29, 0.717) is 12.0 Å². The molecule has 0 aliphatic rings. The fraction of sp³-hybridized carbons (Fsp3) is 0.667. The van der Waals surface area contributed by atoms with Gasteiger partial charge in [0.15, 0.2) is 0 Å². The number of anilines is 1. The molecule has 0 radical (unpaired) electrons. The number of aromatic amines is 1. The maximum Gasteiger partial charge on any atom is 0.0725 e. The molecular weight excluding hydrogens is 150 g/mol. The van der Waals surface area contributed by atoms with E-state index in [1.54, 1.807) is 6.20 Å². The van der Waals surface area contributed by atoms with Crippen molar-refractivity contribution in [3.63, 3.8) is 0 Å². The summed E-state index contributed by atoms with van der Waals surface area (Å²) in [7, 11) is 0. The van der Waals surface area contributed by atoms with Crippen LogP contribution in [-0.2, 0) is 0 Å². The molecule has 0 fully saturated rings. The predicted molar refractivity (Wildman–Crippen MR) is 51.1 cm³/mol. The van der Waals surface area contributed by atoms with E-state index in [2.05, 4.69) is 36.3 Å². The molecular formula is C9H17N3. The molecule has 2 N–H and O–H groups in total. The Morgan fingerprint density at radius 2 is 2.33 bits per heavy atom. The topological polar surface area (TPSA) is 40.7 Å². The van der Waals surface area contributed by atoms with E-state index in [1.165, 1.54) is 6.42 Å². The SMILES string of the molecule is CCC(C)C(C)Nc1cn[nH]c1. The molecule has 1 rings (SSSR count). The van der Waals surface area contributed by atoms with Crippen LogP contribution in [0.15, 0.2) is 12.4 Å². The molecule has 0 amide bonds. The first-order valence-electron chi connectivity index (χ1n) is 4.49. The van der Waals surface area contributed by atoms with E-state index >= 15 is 0 Å². The maximum atomic E-state index is 3.87. The van der Waals surface area contributed by atoms with Crippen LogP contribution in [-0.4, -0.2) is 16.2 Å². The Bertz CT molecular complexity index is 206. The van der Waals surface area contributed by atoms with E-state index in [1.807, 2.05) is 6.20 Å². The van der Waals surface area contributed by atoms with Gasteiger partial charge in [-0.25, -0.2) is 0 Å². The summed E-state index contributed by atoms with van der Waals surface area (Å²) in [6, 6.07) is 0.507. The van der Waals surface area contributed by atoms with Crippen LogP contribution < -0.4 is 5.32 Å². The summed E-state index contributed by atoms with van der Waals surface area (Å²) in [4.78, 5) is 0. The van der Waals surface area contributed by atoms with Crippen molar-refractivity contribution >= 4 is 5.69 Å². The summed E-state index contributed by atoms with van der Waals surface area (Å²) in [5.74, 6) is 0.694. The minimum Gasteiger partial charge on any atom is -0.380 e. The van der Waals surface area contributed by atoms with Gasteiger partial charge in [0.05, 0.1) is 11.9 Å². The largest absolute Gasteiger partial charge is 0.380 e. The smallest absolute Gasteiger partial charge is 0.0725 e. The Morgan fingerprint density at radius 1 is 1.58 bits per heavy atom. The lowest BCUT2D eigenvalue weighted by molar-refractivity contribution is 0.495. The van der Waals surface area contributed by atoms with Crippen LogP contribution in [0.3, 0.4) is 0 Å². The molecule has 0 bridgehead atoms. The Morgan fingerprint density at radius 3 is 2.83 bits per heavy atom. The monoisotopic (exact) mass is 167 g/mol. The highest BCUT2D eigenvalue weighted by Gasteiger charge is 2.09. The van der Waals surface area contributed by atoms with Gasteiger partial charge in [0, 0.05) is 12.2 Å². The van der Waals surface area contributed by atoms with Crippen LogP contribution in [0, 0.1) is 5.92 Å². The van der Waals surface area contributed by atoms with Gasteiger partial charge in [0.25, 0.3) is 0 Å². The number of rotatable bonds is 4. The highest BCUT2D eigenvalue weighted by atomic mass is 15.1. The Labute approximate surface area is 73.6 Å². The van der Waals surface area contributed by atoms with Gasteiger partial charge in [-0.15, -0.1) is 0 Å². The molecule has 0 aromatic carbocycles. The van der Waals surface area contributed by atoms with Gasteiger partial charge in [-0.1, -0.05) is 20.3 Å². The minimum atomic E-state index is 0.507. The lowest BCUT2D eigenvalue weighted by atomic mass is 10.0. The van der Waals surface area contributed by atoms with Gasteiger partial charge in [-0.05, 0) is 12.8 Å².